The van der Waals surface area contributed by atoms with Gasteiger partial charge >= 0.3 is 11.7 Å². The molecule has 2 heterocycles. The van der Waals surface area contributed by atoms with Gasteiger partial charge in [0.25, 0.3) is 0 Å². The van der Waals surface area contributed by atoms with Gasteiger partial charge < -0.3 is 24.3 Å². The fraction of sp³-hybridized carbons (Fsp3) is 0.346. The summed E-state index contributed by atoms with van der Waals surface area (Å²) in [7, 11) is 1.56. The molecule has 2 aromatic carbocycles. The number of hydrogen-bond acceptors (Lipinski definition) is 5. The Hall–Kier alpha value is -3.52. The van der Waals surface area contributed by atoms with Gasteiger partial charge in [-0.3, -0.25) is 4.79 Å². The molecule has 1 N–H and O–H groups in total. The highest BCUT2D eigenvalue weighted by Gasteiger charge is 2.23. The molecule has 9 heteroatoms. The van der Waals surface area contributed by atoms with Crippen LogP contribution in [0.5, 0.6) is 5.75 Å². The topological polar surface area (TPSA) is 92.1 Å². The second kappa shape index (κ2) is 10.8. The van der Waals surface area contributed by atoms with Crippen molar-refractivity contribution in [3.05, 3.63) is 69.0 Å². The molecule has 3 aromatic rings. The lowest BCUT2D eigenvalue weighted by atomic mass is 10.0. The van der Waals surface area contributed by atoms with E-state index in [-0.39, 0.29) is 18.4 Å². The van der Waals surface area contributed by atoms with Crippen molar-refractivity contribution in [1.29, 1.82) is 0 Å². The quantitative estimate of drug-likeness (QED) is 0.525. The van der Waals surface area contributed by atoms with E-state index >= 15 is 0 Å². The molecule has 1 aromatic heterocycles. The lowest BCUT2D eigenvalue weighted by Crippen LogP contribution is -2.39. The van der Waals surface area contributed by atoms with Crippen LogP contribution in [0.4, 0.5) is 10.5 Å². The molecule has 0 saturated carbocycles. The van der Waals surface area contributed by atoms with Gasteiger partial charge in [0.1, 0.15) is 11.3 Å². The van der Waals surface area contributed by atoms with E-state index in [1.165, 1.54) is 0 Å². The van der Waals surface area contributed by atoms with Crippen LogP contribution in [0.3, 0.4) is 0 Å². The highest BCUT2D eigenvalue weighted by Crippen LogP contribution is 2.24. The highest BCUT2D eigenvalue weighted by molar-refractivity contribution is 6.30. The molecule has 1 aliphatic heterocycles. The van der Waals surface area contributed by atoms with Gasteiger partial charge in [0.2, 0.25) is 5.91 Å². The second-order valence-electron chi connectivity index (χ2n) is 8.52. The van der Waals surface area contributed by atoms with Crippen molar-refractivity contribution >= 4 is 40.2 Å². The van der Waals surface area contributed by atoms with Crippen LogP contribution in [0, 0.1) is 6.92 Å². The Morgan fingerprint density at radius 1 is 1.09 bits per heavy atom. The van der Waals surface area contributed by atoms with Crippen LogP contribution in [0.1, 0.15) is 24.0 Å². The number of methoxy groups -OCH3 is 1. The van der Waals surface area contributed by atoms with Gasteiger partial charge in [0.05, 0.1) is 7.11 Å². The molecule has 1 fully saturated rings. The van der Waals surface area contributed by atoms with E-state index in [1.807, 2.05) is 19.1 Å². The molecule has 184 valence electrons. The summed E-state index contributed by atoms with van der Waals surface area (Å²) in [5, 5.41) is 4.22. The number of amides is 3. The molecule has 35 heavy (non-hydrogen) atoms. The largest absolute Gasteiger partial charge is 0.497 e. The average molecular weight is 498 g/mol. The molecule has 0 bridgehead atoms. The Balaban J connectivity index is 1.36. The highest BCUT2D eigenvalue weighted by atomic mass is 35.5. The number of aryl methyl sites for hydroxylation is 1. The van der Waals surface area contributed by atoms with Crippen LogP contribution < -0.4 is 15.7 Å². The number of carbonyl (C=O) groups is 2. The van der Waals surface area contributed by atoms with E-state index < -0.39 is 5.63 Å². The number of nitrogens with one attached hydrogen (secondary N) is 1. The predicted molar refractivity (Wildman–Crippen MR) is 135 cm³/mol. The fourth-order valence-corrected chi connectivity index (χ4v) is 4.51. The van der Waals surface area contributed by atoms with Gasteiger partial charge in [-0.15, -0.1) is 0 Å². The first-order chi connectivity index (χ1) is 16.9. The first kappa shape index (κ1) is 24.6. The summed E-state index contributed by atoms with van der Waals surface area (Å²) < 4.78 is 10.7. The molecule has 0 aliphatic carbocycles. The second-order valence-corrected chi connectivity index (χ2v) is 8.95. The minimum atomic E-state index is -0.434. The Kier molecular flexibility index (Phi) is 7.60. The zero-order chi connectivity index (χ0) is 24.9. The van der Waals surface area contributed by atoms with Crippen molar-refractivity contribution in [3.63, 3.8) is 0 Å². The van der Waals surface area contributed by atoms with Gasteiger partial charge in [-0.05, 0) is 55.7 Å². The number of ether oxygens (including phenoxy) is 1. The van der Waals surface area contributed by atoms with Crippen LogP contribution in [0.15, 0.2) is 51.7 Å². The number of halogens is 1. The van der Waals surface area contributed by atoms with Crippen molar-refractivity contribution in [3.8, 4) is 5.75 Å². The molecule has 0 unspecified atom stereocenters. The number of rotatable bonds is 5. The minimum Gasteiger partial charge on any atom is -0.497 e. The summed E-state index contributed by atoms with van der Waals surface area (Å²) in [6.07, 6.45) is 1.17. The molecule has 8 nitrogen and oxygen atoms in total. The number of urea groups is 1. The van der Waals surface area contributed by atoms with E-state index in [4.69, 9.17) is 20.8 Å². The van der Waals surface area contributed by atoms with E-state index in [1.54, 1.807) is 47.2 Å². The summed E-state index contributed by atoms with van der Waals surface area (Å²) >= 11 is 5.99. The third kappa shape index (κ3) is 5.77. The Morgan fingerprint density at radius 2 is 1.86 bits per heavy atom. The third-order valence-electron chi connectivity index (χ3n) is 6.30. The number of fused-ring (bicyclic) bond motifs is 1. The summed E-state index contributed by atoms with van der Waals surface area (Å²) in [4.78, 5) is 41.7. The van der Waals surface area contributed by atoms with Crippen molar-refractivity contribution in [2.45, 2.75) is 26.2 Å². The van der Waals surface area contributed by atoms with Crippen LogP contribution in [0.2, 0.25) is 5.02 Å². The summed E-state index contributed by atoms with van der Waals surface area (Å²) in [6.45, 7) is 3.84. The predicted octanol–water partition coefficient (Wildman–Crippen LogP) is 4.46. The molecule has 4 rings (SSSR count). The van der Waals surface area contributed by atoms with Gasteiger partial charge in [-0.1, -0.05) is 17.7 Å². The van der Waals surface area contributed by atoms with Crippen molar-refractivity contribution in [1.82, 2.24) is 9.80 Å². The fourth-order valence-electron chi connectivity index (χ4n) is 4.32. The Morgan fingerprint density at radius 3 is 2.63 bits per heavy atom. The zero-order valence-corrected chi connectivity index (χ0v) is 20.6. The maximum absolute atomic E-state index is 12.9. The van der Waals surface area contributed by atoms with E-state index in [2.05, 4.69) is 5.32 Å². The standard InChI is InChI=1S/C26H28ClN3O5/c1-17-21-8-7-20(34-2)16-23(21)35-25(32)22(17)9-10-24(31)29-11-4-12-30(14-13-29)26(33)28-19-6-3-5-18(27)15-19/h3,5-8,15-16H,4,9-14H2,1-2H3,(H,28,33). The maximum Gasteiger partial charge on any atom is 0.339 e. The number of hydrogen-bond donors (Lipinski definition) is 1. The number of nitrogens with zero attached hydrogens (tertiary/aromatic N) is 2. The average Bonchev–Trinajstić information content (AvgIpc) is 3.10. The molecule has 1 saturated heterocycles. The normalized spacial score (nSPS) is 14.0. The summed E-state index contributed by atoms with van der Waals surface area (Å²) in [6, 6.07) is 12.1. The minimum absolute atomic E-state index is 0.0456. The molecular formula is C26H28ClN3O5. The molecule has 1 aliphatic rings. The van der Waals surface area contributed by atoms with Gasteiger partial charge in [-0.25, -0.2) is 9.59 Å². The van der Waals surface area contributed by atoms with Crippen LogP contribution in [-0.4, -0.2) is 55.0 Å². The molecule has 0 atom stereocenters. The number of anilines is 1. The summed E-state index contributed by atoms with van der Waals surface area (Å²) in [5.74, 6) is 0.565. The first-order valence-corrected chi connectivity index (χ1v) is 11.9. The first-order valence-electron chi connectivity index (χ1n) is 11.6. The maximum atomic E-state index is 12.9. The Bertz CT molecular complexity index is 1310. The zero-order valence-electron chi connectivity index (χ0n) is 19.8. The van der Waals surface area contributed by atoms with Crippen molar-refractivity contribution in [2.24, 2.45) is 0 Å². The van der Waals surface area contributed by atoms with Crippen molar-refractivity contribution in [2.75, 3.05) is 38.6 Å². The van der Waals surface area contributed by atoms with Gasteiger partial charge in [0, 0.05) is 60.3 Å². The molecule has 3 amide bonds. The lowest BCUT2D eigenvalue weighted by Gasteiger charge is -2.22. The van der Waals surface area contributed by atoms with Gasteiger partial charge in [0.15, 0.2) is 0 Å². The van der Waals surface area contributed by atoms with E-state index in [0.717, 1.165) is 10.9 Å². The summed E-state index contributed by atoms with van der Waals surface area (Å²) in [5.41, 5.74) is 1.98. The molecule has 0 spiro atoms. The monoisotopic (exact) mass is 497 g/mol. The third-order valence-corrected chi connectivity index (χ3v) is 6.53. The molecular weight excluding hydrogens is 470 g/mol. The van der Waals surface area contributed by atoms with Crippen LogP contribution in [0.25, 0.3) is 11.0 Å². The van der Waals surface area contributed by atoms with Crippen LogP contribution in [-0.2, 0) is 11.2 Å². The number of carbonyl (C=O) groups excluding carboxylic acids is 2. The van der Waals surface area contributed by atoms with Crippen LogP contribution >= 0.6 is 11.6 Å². The Labute approximate surface area is 208 Å². The molecule has 0 radical (unpaired) electrons. The van der Waals surface area contributed by atoms with E-state index in [0.29, 0.717) is 66.6 Å². The number of benzene rings is 2. The van der Waals surface area contributed by atoms with Gasteiger partial charge in [-0.2, -0.15) is 0 Å². The van der Waals surface area contributed by atoms with E-state index in [9.17, 15) is 14.4 Å². The SMILES string of the molecule is COc1ccc2c(C)c(CCC(=O)N3CCCN(C(=O)Nc4cccc(Cl)c4)CC3)c(=O)oc2c1. The van der Waals surface area contributed by atoms with Crippen molar-refractivity contribution < 1.29 is 18.7 Å². The smallest absolute Gasteiger partial charge is 0.339 e. The lowest BCUT2D eigenvalue weighted by molar-refractivity contribution is -0.131.